The molecule has 1 aliphatic heterocycles. The van der Waals surface area contributed by atoms with Gasteiger partial charge in [-0.05, 0) is 26.1 Å². The Balaban J connectivity index is 2.04. The van der Waals surface area contributed by atoms with Gasteiger partial charge in [0.05, 0.1) is 12.7 Å². The molecule has 2 rings (SSSR count). The molecule has 5 nitrogen and oxygen atoms in total. The van der Waals surface area contributed by atoms with E-state index in [0.717, 1.165) is 18.0 Å². The van der Waals surface area contributed by atoms with Crippen LogP contribution in [0.2, 0.25) is 0 Å². The van der Waals surface area contributed by atoms with Crippen molar-refractivity contribution in [2.75, 3.05) is 40.3 Å². The second-order valence-electron chi connectivity index (χ2n) is 4.91. The Hall–Kier alpha value is -0.470. The van der Waals surface area contributed by atoms with E-state index in [9.17, 15) is 8.42 Å². The minimum atomic E-state index is -3.38. The van der Waals surface area contributed by atoms with E-state index in [1.165, 1.54) is 15.6 Å². The summed E-state index contributed by atoms with van der Waals surface area (Å²) in [5, 5.41) is 0. The van der Waals surface area contributed by atoms with Gasteiger partial charge in [-0.1, -0.05) is 0 Å². The lowest BCUT2D eigenvalue weighted by atomic mass is 10.3. The van der Waals surface area contributed by atoms with Crippen LogP contribution in [0.3, 0.4) is 0 Å². The van der Waals surface area contributed by atoms with Gasteiger partial charge in [0.15, 0.2) is 0 Å². The third-order valence-corrected chi connectivity index (χ3v) is 6.47. The second kappa shape index (κ2) is 5.88. The molecule has 0 aliphatic carbocycles. The Kier molecular flexibility index (Phi) is 4.62. The predicted molar refractivity (Wildman–Crippen MR) is 76.1 cm³/mol. The first kappa shape index (κ1) is 14.9. The fraction of sp³-hybridized carbons (Fsp3) is 0.667. The van der Waals surface area contributed by atoms with Crippen molar-refractivity contribution in [2.45, 2.75) is 17.2 Å². The fourth-order valence-electron chi connectivity index (χ4n) is 2.07. The quantitative estimate of drug-likeness (QED) is 0.833. The largest absolute Gasteiger partial charge is 0.374 e. The highest BCUT2D eigenvalue weighted by Gasteiger charge is 2.27. The van der Waals surface area contributed by atoms with Gasteiger partial charge in [-0.2, -0.15) is 4.31 Å². The molecule has 1 unspecified atom stereocenters. The molecule has 0 saturated carbocycles. The van der Waals surface area contributed by atoms with Gasteiger partial charge < -0.3 is 9.64 Å². The van der Waals surface area contributed by atoms with Crippen molar-refractivity contribution in [2.24, 2.45) is 0 Å². The van der Waals surface area contributed by atoms with E-state index in [1.54, 1.807) is 13.1 Å². The summed E-state index contributed by atoms with van der Waals surface area (Å²) < 4.78 is 32.1. The summed E-state index contributed by atoms with van der Waals surface area (Å²) in [5.74, 6) is 0. The van der Waals surface area contributed by atoms with Crippen LogP contribution >= 0.6 is 11.3 Å². The van der Waals surface area contributed by atoms with E-state index in [-0.39, 0.29) is 6.10 Å². The number of morpholine rings is 1. The van der Waals surface area contributed by atoms with Crippen LogP contribution in [0.5, 0.6) is 0 Å². The van der Waals surface area contributed by atoms with Gasteiger partial charge in [-0.25, -0.2) is 8.42 Å². The van der Waals surface area contributed by atoms with Gasteiger partial charge in [0.2, 0.25) is 0 Å². The van der Waals surface area contributed by atoms with Crippen LogP contribution < -0.4 is 0 Å². The zero-order valence-corrected chi connectivity index (χ0v) is 13.1. The molecule has 0 spiro atoms. The maximum atomic E-state index is 12.4. The van der Waals surface area contributed by atoms with Crippen LogP contribution in [-0.2, 0) is 14.8 Å². The highest BCUT2D eigenvalue weighted by Crippen LogP contribution is 2.24. The average Bonchev–Trinajstić information content (AvgIpc) is 2.76. The van der Waals surface area contributed by atoms with E-state index >= 15 is 0 Å². The molecular formula is C12H20N2O3S2. The predicted octanol–water partition coefficient (Wildman–Crippen LogP) is 1.01. The molecule has 7 heteroatoms. The molecule has 19 heavy (non-hydrogen) atoms. The molecule has 108 valence electrons. The average molecular weight is 304 g/mol. The van der Waals surface area contributed by atoms with E-state index in [2.05, 4.69) is 4.90 Å². The molecule has 1 aromatic heterocycles. The smallest absolute Gasteiger partial charge is 0.252 e. The molecule has 0 aromatic carbocycles. The maximum absolute atomic E-state index is 12.4. The Labute approximate surface area is 118 Å². The van der Waals surface area contributed by atoms with Gasteiger partial charge in [-0.15, -0.1) is 11.3 Å². The zero-order chi connectivity index (χ0) is 14.0. The monoisotopic (exact) mass is 304 g/mol. The third-order valence-electron chi connectivity index (χ3n) is 3.18. The molecule has 2 heterocycles. The molecule has 1 aliphatic rings. The summed E-state index contributed by atoms with van der Waals surface area (Å²) in [6.45, 7) is 4.63. The molecule has 1 atom stereocenters. The lowest BCUT2D eigenvalue weighted by molar-refractivity contribution is -0.0247. The molecule has 0 bridgehead atoms. The number of aryl methyl sites for hydroxylation is 1. The normalized spacial score (nSPS) is 22.0. The molecule has 0 amide bonds. The fourth-order valence-corrected chi connectivity index (χ4v) is 4.76. The summed E-state index contributed by atoms with van der Waals surface area (Å²) in [4.78, 5) is 3.16. The lowest BCUT2D eigenvalue weighted by Gasteiger charge is -2.32. The first-order valence-electron chi connectivity index (χ1n) is 6.22. The van der Waals surface area contributed by atoms with Crippen molar-refractivity contribution in [1.29, 1.82) is 0 Å². The SMILES string of the molecule is Cc1ccc(S(=O)(=O)N(C)CC2CN(C)CCO2)s1. The molecule has 0 radical (unpaired) electrons. The standard InChI is InChI=1S/C12H20N2O3S2/c1-10-4-5-12(18-10)19(15,16)14(3)9-11-8-13(2)6-7-17-11/h4-5,11H,6-9H2,1-3H3. The molecule has 0 N–H and O–H groups in total. The first-order valence-corrected chi connectivity index (χ1v) is 8.48. The number of rotatable bonds is 4. The van der Waals surface area contributed by atoms with Gasteiger partial charge in [0.1, 0.15) is 4.21 Å². The zero-order valence-electron chi connectivity index (χ0n) is 11.5. The molecule has 1 fully saturated rings. The van der Waals surface area contributed by atoms with E-state index in [0.29, 0.717) is 17.4 Å². The maximum Gasteiger partial charge on any atom is 0.252 e. The highest BCUT2D eigenvalue weighted by molar-refractivity contribution is 7.91. The Morgan fingerprint density at radius 3 is 2.84 bits per heavy atom. The Bertz CT molecular complexity index is 527. The summed E-state index contributed by atoms with van der Waals surface area (Å²) in [7, 11) is 0.252. The number of nitrogens with zero attached hydrogens (tertiary/aromatic N) is 2. The number of sulfonamides is 1. The van der Waals surface area contributed by atoms with Crippen molar-refractivity contribution in [1.82, 2.24) is 9.21 Å². The molecule has 1 aromatic rings. The van der Waals surface area contributed by atoms with Crippen molar-refractivity contribution in [3.8, 4) is 0 Å². The number of hydrogen-bond acceptors (Lipinski definition) is 5. The van der Waals surface area contributed by atoms with Crippen molar-refractivity contribution in [3.63, 3.8) is 0 Å². The summed E-state index contributed by atoms with van der Waals surface area (Å²) >= 11 is 1.30. The first-order chi connectivity index (χ1) is 8.89. The minimum absolute atomic E-state index is 0.0559. The third kappa shape index (κ3) is 3.55. The lowest BCUT2D eigenvalue weighted by Crippen LogP contribution is -2.46. The van der Waals surface area contributed by atoms with Crippen LogP contribution in [0.4, 0.5) is 0 Å². The van der Waals surface area contributed by atoms with E-state index < -0.39 is 10.0 Å². The highest BCUT2D eigenvalue weighted by atomic mass is 32.2. The van der Waals surface area contributed by atoms with Gasteiger partial charge in [0, 0.05) is 31.6 Å². The van der Waals surface area contributed by atoms with Crippen LogP contribution in [0, 0.1) is 6.92 Å². The van der Waals surface area contributed by atoms with Crippen molar-refractivity contribution in [3.05, 3.63) is 17.0 Å². The molecular weight excluding hydrogens is 284 g/mol. The summed E-state index contributed by atoms with van der Waals surface area (Å²) in [5.41, 5.74) is 0. The van der Waals surface area contributed by atoms with Crippen LogP contribution in [0.1, 0.15) is 4.88 Å². The van der Waals surface area contributed by atoms with Gasteiger partial charge >= 0.3 is 0 Å². The summed E-state index contributed by atoms with van der Waals surface area (Å²) in [6, 6.07) is 3.50. The second-order valence-corrected chi connectivity index (χ2v) is 8.47. The van der Waals surface area contributed by atoms with Crippen LogP contribution in [0.25, 0.3) is 0 Å². The molecule has 1 saturated heterocycles. The van der Waals surface area contributed by atoms with Crippen LogP contribution in [-0.4, -0.2) is 64.1 Å². The number of likely N-dealkylation sites (N-methyl/N-ethyl adjacent to an activating group) is 2. The Morgan fingerprint density at radius 2 is 2.26 bits per heavy atom. The number of hydrogen-bond donors (Lipinski definition) is 0. The van der Waals surface area contributed by atoms with E-state index in [4.69, 9.17) is 4.74 Å². The number of thiophene rings is 1. The van der Waals surface area contributed by atoms with E-state index in [1.807, 2.05) is 20.0 Å². The van der Waals surface area contributed by atoms with Crippen molar-refractivity contribution < 1.29 is 13.2 Å². The minimum Gasteiger partial charge on any atom is -0.374 e. The van der Waals surface area contributed by atoms with Crippen molar-refractivity contribution >= 4 is 21.4 Å². The number of ether oxygens (including phenoxy) is 1. The van der Waals surface area contributed by atoms with Gasteiger partial charge in [0.25, 0.3) is 10.0 Å². The van der Waals surface area contributed by atoms with Crippen LogP contribution in [0.15, 0.2) is 16.3 Å². The topological polar surface area (TPSA) is 49.9 Å². The Morgan fingerprint density at radius 1 is 1.53 bits per heavy atom. The van der Waals surface area contributed by atoms with Gasteiger partial charge in [-0.3, -0.25) is 0 Å². The summed E-state index contributed by atoms with van der Waals surface area (Å²) in [6.07, 6.45) is -0.0559.